The van der Waals surface area contributed by atoms with Crippen LogP contribution in [-0.4, -0.2) is 28.8 Å². The predicted octanol–water partition coefficient (Wildman–Crippen LogP) is 3.32. The van der Waals surface area contributed by atoms with E-state index in [1.165, 1.54) is 24.0 Å². The number of nitrogens with zero attached hydrogens (tertiary/aromatic N) is 1. The normalized spacial score (nSPS) is 17.0. The molecular weight excluding hydrogens is 290 g/mol. The molecule has 1 saturated carbocycles. The Bertz CT molecular complexity index is 531. The largest absolute Gasteiger partial charge is 0.444 e. The van der Waals surface area contributed by atoms with Crippen molar-refractivity contribution in [2.45, 2.75) is 71.1 Å². The summed E-state index contributed by atoms with van der Waals surface area (Å²) in [5.74, 6) is 0. The van der Waals surface area contributed by atoms with Gasteiger partial charge in [0, 0.05) is 31.0 Å². The quantitative estimate of drug-likeness (QED) is 0.874. The molecule has 1 heterocycles. The Hall–Kier alpha value is -1.62. The number of hydrogen-bond donors (Lipinski definition) is 2. The van der Waals surface area contributed by atoms with E-state index < -0.39 is 5.60 Å². The third kappa shape index (κ3) is 5.50. The first-order chi connectivity index (χ1) is 10.8. The standard InChI is InChI=1S/C18H29N3O2/c1-14-7-10-19-11-15(14)12-21-18(8-5-6-9-18)13-20-16(22)23-17(2,3)4/h7,10-11,21H,5-6,8-9,12-13H2,1-4H3,(H,20,22). The molecule has 2 N–H and O–H groups in total. The van der Waals surface area contributed by atoms with E-state index in [2.05, 4.69) is 22.5 Å². The van der Waals surface area contributed by atoms with Gasteiger partial charge in [-0.2, -0.15) is 0 Å². The molecule has 1 aromatic rings. The topological polar surface area (TPSA) is 63.2 Å². The van der Waals surface area contributed by atoms with Gasteiger partial charge in [-0.25, -0.2) is 4.79 Å². The molecule has 0 aromatic carbocycles. The fraction of sp³-hybridized carbons (Fsp3) is 0.667. The molecule has 23 heavy (non-hydrogen) atoms. The van der Waals surface area contributed by atoms with Crippen LogP contribution in [0.25, 0.3) is 0 Å². The SMILES string of the molecule is Cc1ccncc1CNC1(CNC(=O)OC(C)(C)C)CCCC1. The lowest BCUT2D eigenvalue weighted by atomic mass is 9.96. The zero-order valence-electron chi connectivity index (χ0n) is 14.7. The summed E-state index contributed by atoms with van der Waals surface area (Å²) < 4.78 is 5.34. The number of rotatable bonds is 5. The highest BCUT2D eigenvalue weighted by atomic mass is 16.6. The second kappa shape index (κ2) is 7.30. The molecule has 5 heteroatoms. The van der Waals surface area contributed by atoms with E-state index in [0.29, 0.717) is 6.54 Å². The zero-order chi connectivity index (χ0) is 16.9. The van der Waals surface area contributed by atoms with Crippen LogP contribution < -0.4 is 10.6 Å². The van der Waals surface area contributed by atoms with Gasteiger partial charge in [-0.1, -0.05) is 12.8 Å². The minimum atomic E-state index is -0.465. The number of nitrogens with one attached hydrogen (secondary N) is 2. The van der Waals surface area contributed by atoms with Crippen molar-refractivity contribution >= 4 is 6.09 Å². The van der Waals surface area contributed by atoms with Gasteiger partial charge in [0.25, 0.3) is 0 Å². The van der Waals surface area contributed by atoms with E-state index in [4.69, 9.17) is 4.74 Å². The van der Waals surface area contributed by atoms with E-state index in [1.807, 2.05) is 39.2 Å². The van der Waals surface area contributed by atoms with Gasteiger partial charge in [-0.15, -0.1) is 0 Å². The Kier molecular flexibility index (Phi) is 5.63. The van der Waals surface area contributed by atoms with Gasteiger partial charge >= 0.3 is 6.09 Å². The van der Waals surface area contributed by atoms with Gasteiger partial charge < -0.3 is 15.4 Å². The molecule has 0 spiro atoms. The Balaban J connectivity index is 1.92. The molecule has 1 aliphatic carbocycles. The predicted molar refractivity (Wildman–Crippen MR) is 91.2 cm³/mol. The third-order valence-electron chi connectivity index (χ3n) is 4.33. The zero-order valence-corrected chi connectivity index (χ0v) is 14.7. The third-order valence-corrected chi connectivity index (χ3v) is 4.33. The van der Waals surface area contributed by atoms with Gasteiger partial charge in [0.15, 0.2) is 0 Å². The summed E-state index contributed by atoms with van der Waals surface area (Å²) in [5, 5.41) is 6.59. The highest BCUT2D eigenvalue weighted by Crippen LogP contribution is 2.29. The lowest BCUT2D eigenvalue weighted by Gasteiger charge is -2.31. The van der Waals surface area contributed by atoms with E-state index in [0.717, 1.165) is 19.4 Å². The van der Waals surface area contributed by atoms with Gasteiger partial charge in [-0.3, -0.25) is 4.98 Å². The number of hydrogen-bond acceptors (Lipinski definition) is 4. The van der Waals surface area contributed by atoms with Crippen LogP contribution in [0, 0.1) is 6.92 Å². The van der Waals surface area contributed by atoms with Crippen molar-refractivity contribution in [3.05, 3.63) is 29.6 Å². The fourth-order valence-electron chi connectivity index (χ4n) is 2.99. The summed E-state index contributed by atoms with van der Waals surface area (Å²) >= 11 is 0. The second-order valence-electron chi connectivity index (χ2n) is 7.50. The summed E-state index contributed by atoms with van der Waals surface area (Å²) in [6.07, 6.45) is 7.90. The molecule has 0 unspecified atom stereocenters. The van der Waals surface area contributed by atoms with E-state index in [9.17, 15) is 4.79 Å². The van der Waals surface area contributed by atoms with Crippen molar-refractivity contribution in [1.29, 1.82) is 0 Å². The number of carbonyl (C=O) groups is 1. The van der Waals surface area contributed by atoms with Crippen LogP contribution >= 0.6 is 0 Å². The number of alkyl carbamates (subject to hydrolysis) is 1. The van der Waals surface area contributed by atoms with Crippen LogP contribution in [0.3, 0.4) is 0 Å². The van der Waals surface area contributed by atoms with Crippen molar-refractivity contribution in [3.63, 3.8) is 0 Å². The summed E-state index contributed by atoms with van der Waals surface area (Å²) in [7, 11) is 0. The van der Waals surface area contributed by atoms with Crippen molar-refractivity contribution in [2.24, 2.45) is 0 Å². The minimum Gasteiger partial charge on any atom is -0.444 e. The summed E-state index contributed by atoms with van der Waals surface area (Å²) in [4.78, 5) is 16.1. The average molecular weight is 319 g/mol. The number of pyridine rings is 1. The van der Waals surface area contributed by atoms with Crippen LogP contribution in [0.5, 0.6) is 0 Å². The maximum absolute atomic E-state index is 11.9. The van der Waals surface area contributed by atoms with Crippen LogP contribution in [0.4, 0.5) is 4.79 Å². The summed E-state index contributed by atoms with van der Waals surface area (Å²) in [5.41, 5.74) is 1.93. The molecule has 5 nitrogen and oxygen atoms in total. The van der Waals surface area contributed by atoms with Gasteiger partial charge in [0.1, 0.15) is 5.60 Å². The minimum absolute atomic E-state index is 0.0425. The monoisotopic (exact) mass is 319 g/mol. The van der Waals surface area contributed by atoms with Crippen LogP contribution in [0.2, 0.25) is 0 Å². The van der Waals surface area contributed by atoms with Crippen molar-refractivity contribution < 1.29 is 9.53 Å². The molecular formula is C18H29N3O2. The smallest absolute Gasteiger partial charge is 0.407 e. The van der Waals surface area contributed by atoms with Crippen LogP contribution in [0.15, 0.2) is 18.5 Å². The Morgan fingerprint density at radius 2 is 2.04 bits per heavy atom. The molecule has 0 radical (unpaired) electrons. The average Bonchev–Trinajstić information content (AvgIpc) is 2.92. The van der Waals surface area contributed by atoms with Crippen LogP contribution in [0.1, 0.15) is 57.6 Å². The van der Waals surface area contributed by atoms with Gasteiger partial charge in [0.05, 0.1) is 0 Å². The molecule has 1 aliphatic rings. The van der Waals surface area contributed by atoms with E-state index >= 15 is 0 Å². The molecule has 0 bridgehead atoms. The highest BCUT2D eigenvalue weighted by Gasteiger charge is 2.34. The first-order valence-corrected chi connectivity index (χ1v) is 8.41. The Labute approximate surface area is 139 Å². The molecule has 128 valence electrons. The molecule has 0 aliphatic heterocycles. The number of aromatic nitrogens is 1. The van der Waals surface area contributed by atoms with Crippen molar-refractivity contribution in [2.75, 3.05) is 6.54 Å². The summed E-state index contributed by atoms with van der Waals surface area (Å²) in [6, 6.07) is 2.03. The lowest BCUT2D eigenvalue weighted by Crippen LogP contribution is -2.52. The van der Waals surface area contributed by atoms with Crippen molar-refractivity contribution in [3.8, 4) is 0 Å². The van der Waals surface area contributed by atoms with E-state index in [-0.39, 0.29) is 11.6 Å². The van der Waals surface area contributed by atoms with Gasteiger partial charge in [0.2, 0.25) is 0 Å². The number of carbonyl (C=O) groups excluding carboxylic acids is 1. The maximum atomic E-state index is 11.9. The molecule has 1 aromatic heterocycles. The molecule has 0 saturated heterocycles. The fourth-order valence-corrected chi connectivity index (χ4v) is 2.99. The second-order valence-corrected chi connectivity index (χ2v) is 7.50. The molecule has 1 fully saturated rings. The van der Waals surface area contributed by atoms with Crippen LogP contribution in [-0.2, 0) is 11.3 Å². The Morgan fingerprint density at radius 1 is 1.35 bits per heavy atom. The first kappa shape index (κ1) is 17.7. The van der Waals surface area contributed by atoms with Gasteiger partial charge in [-0.05, 0) is 57.7 Å². The maximum Gasteiger partial charge on any atom is 0.407 e. The number of amides is 1. The van der Waals surface area contributed by atoms with Crippen molar-refractivity contribution in [1.82, 2.24) is 15.6 Å². The number of aryl methyl sites for hydroxylation is 1. The molecule has 0 atom stereocenters. The molecule has 1 amide bonds. The summed E-state index contributed by atoms with van der Waals surface area (Å²) in [6.45, 7) is 9.10. The highest BCUT2D eigenvalue weighted by molar-refractivity contribution is 5.67. The van der Waals surface area contributed by atoms with E-state index in [1.54, 1.807) is 0 Å². The molecule has 2 rings (SSSR count). The Morgan fingerprint density at radius 3 is 2.65 bits per heavy atom. The lowest BCUT2D eigenvalue weighted by molar-refractivity contribution is 0.0509. The first-order valence-electron chi connectivity index (χ1n) is 8.41. The number of ether oxygens (including phenoxy) is 1.